The van der Waals surface area contributed by atoms with Crippen LogP contribution in [0.15, 0.2) is 30.5 Å². The summed E-state index contributed by atoms with van der Waals surface area (Å²) in [5.41, 5.74) is 2.46. The van der Waals surface area contributed by atoms with E-state index in [1.165, 1.54) is 6.42 Å². The Morgan fingerprint density at radius 2 is 2.26 bits per heavy atom. The highest BCUT2D eigenvalue weighted by Crippen LogP contribution is 2.26. The second kappa shape index (κ2) is 5.25. The fraction of sp³-hybridized carbons (Fsp3) is 0.333. The van der Waals surface area contributed by atoms with E-state index < -0.39 is 0 Å². The van der Waals surface area contributed by atoms with Crippen molar-refractivity contribution in [2.24, 2.45) is 0 Å². The molecular weight excluding hydrogens is 236 g/mol. The number of hydrogen-bond donors (Lipinski definition) is 2. The molecule has 2 N–H and O–H groups in total. The standard InChI is InChI=1S/C15H16N4/c16-8-11-9-18-14-6-2-1-5-13(14)15(11)19-12-4-3-7-17-10-12/h1-2,5-6,9,12,17H,3-4,7,10H2,(H,18,19). The van der Waals surface area contributed by atoms with Gasteiger partial charge in [0, 0.05) is 24.2 Å². The predicted molar refractivity (Wildman–Crippen MR) is 76.0 cm³/mol. The number of anilines is 1. The first-order valence-electron chi connectivity index (χ1n) is 6.63. The number of fused-ring (bicyclic) bond motifs is 1. The Kier molecular flexibility index (Phi) is 3.30. The molecule has 1 atom stereocenters. The number of aromatic nitrogens is 1. The average molecular weight is 252 g/mol. The van der Waals surface area contributed by atoms with E-state index >= 15 is 0 Å². The largest absolute Gasteiger partial charge is 0.379 e. The summed E-state index contributed by atoms with van der Waals surface area (Å²) in [4.78, 5) is 4.33. The van der Waals surface area contributed by atoms with Crippen LogP contribution in [0.4, 0.5) is 5.69 Å². The molecular formula is C15H16N4. The molecule has 1 aliphatic rings. The Morgan fingerprint density at radius 3 is 3.05 bits per heavy atom. The zero-order valence-electron chi connectivity index (χ0n) is 10.7. The minimum absolute atomic E-state index is 0.381. The number of para-hydroxylation sites is 1. The van der Waals surface area contributed by atoms with Gasteiger partial charge in [0.05, 0.1) is 16.8 Å². The van der Waals surface area contributed by atoms with Crippen molar-refractivity contribution in [3.63, 3.8) is 0 Å². The Bertz CT molecular complexity index is 624. The van der Waals surface area contributed by atoms with Gasteiger partial charge in [0.15, 0.2) is 0 Å². The summed E-state index contributed by atoms with van der Waals surface area (Å²) >= 11 is 0. The Hall–Kier alpha value is -2.12. The molecule has 1 saturated heterocycles. The lowest BCUT2D eigenvalue weighted by Gasteiger charge is -2.25. The van der Waals surface area contributed by atoms with Gasteiger partial charge in [0.1, 0.15) is 6.07 Å². The molecule has 1 unspecified atom stereocenters. The van der Waals surface area contributed by atoms with E-state index in [0.717, 1.165) is 36.1 Å². The summed E-state index contributed by atoms with van der Waals surface area (Å²) in [5, 5.41) is 17.2. The third kappa shape index (κ3) is 2.38. The van der Waals surface area contributed by atoms with Crippen molar-refractivity contribution in [3.8, 4) is 6.07 Å². The fourth-order valence-electron chi connectivity index (χ4n) is 2.56. The molecule has 4 nitrogen and oxygen atoms in total. The van der Waals surface area contributed by atoms with Crippen molar-refractivity contribution in [2.45, 2.75) is 18.9 Å². The van der Waals surface area contributed by atoms with Crippen molar-refractivity contribution in [3.05, 3.63) is 36.0 Å². The van der Waals surface area contributed by atoms with Gasteiger partial charge in [-0.2, -0.15) is 5.26 Å². The molecule has 0 radical (unpaired) electrons. The lowest BCUT2D eigenvalue weighted by Crippen LogP contribution is -2.38. The second-order valence-electron chi connectivity index (χ2n) is 4.86. The zero-order valence-corrected chi connectivity index (χ0v) is 10.7. The molecule has 1 aliphatic heterocycles. The van der Waals surface area contributed by atoms with Crippen LogP contribution in [0.1, 0.15) is 18.4 Å². The summed E-state index contributed by atoms with van der Waals surface area (Å²) in [6.07, 6.45) is 3.96. The van der Waals surface area contributed by atoms with Crippen LogP contribution in [0.3, 0.4) is 0 Å². The first-order valence-corrected chi connectivity index (χ1v) is 6.63. The molecule has 1 aromatic carbocycles. The lowest BCUT2D eigenvalue weighted by molar-refractivity contribution is 0.480. The van der Waals surface area contributed by atoms with Gasteiger partial charge < -0.3 is 10.6 Å². The van der Waals surface area contributed by atoms with E-state index in [9.17, 15) is 5.26 Å². The number of piperidine rings is 1. The molecule has 96 valence electrons. The third-order valence-corrected chi connectivity index (χ3v) is 3.54. The van der Waals surface area contributed by atoms with Crippen molar-refractivity contribution in [2.75, 3.05) is 18.4 Å². The summed E-state index contributed by atoms with van der Waals surface area (Å²) in [6, 6.07) is 10.5. The smallest absolute Gasteiger partial charge is 0.103 e. The van der Waals surface area contributed by atoms with Crippen LogP contribution < -0.4 is 10.6 Å². The van der Waals surface area contributed by atoms with Crippen LogP contribution in [0.2, 0.25) is 0 Å². The summed E-state index contributed by atoms with van der Waals surface area (Å²) in [7, 11) is 0. The van der Waals surface area contributed by atoms with Gasteiger partial charge in [-0.15, -0.1) is 0 Å². The normalized spacial score (nSPS) is 19.0. The summed E-state index contributed by atoms with van der Waals surface area (Å²) < 4.78 is 0. The molecule has 4 heteroatoms. The van der Waals surface area contributed by atoms with Crippen molar-refractivity contribution in [1.29, 1.82) is 5.26 Å². The number of rotatable bonds is 2. The summed E-state index contributed by atoms with van der Waals surface area (Å²) in [5.74, 6) is 0. The summed E-state index contributed by atoms with van der Waals surface area (Å²) in [6.45, 7) is 2.03. The third-order valence-electron chi connectivity index (χ3n) is 3.54. The van der Waals surface area contributed by atoms with Gasteiger partial charge in [-0.1, -0.05) is 18.2 Å². The molecule has 0 aliphatic carbocycles. The number of hydrogen-bond acceptors (Lipinski definition) is 4. The highest BCUT2D eigenvalue weighted by Gasteiger charge is 2.16. The topological polar surface area (TPSA) is 60.7 Å². The minimum atomic E-state index is 0.381. The van der Waals surface area contributed by atoms with Gasteiger partial charge in [0.25, 0.3) is 0 Å². The molecule has 0 bridgehead atoms. The second-order valence-corrected chi connectivity index (χ2v) is 4.86. The zero-order chi connectivity index (χ0) is 13.1. The van der Waals surface area contributed by atoms with E-state index in [1.807, 2.05) is 24.3 Å². The lowest BCUT2D eigenvalue weighted by atomic mass is 10.0. The minimum Gasteiger partial charge on any atom is -0.379 e. The van der Waals surface area contributed by atoms with E-state index in [1.54, 1.807) is 6.20 Å². The maximum Gasteiger partial charge on any atom is 0.103 e. The quantitative estimate of drug-likeness (QED) is 0.860. The molecule has 3 rings (SSSR count). The highest BCUT2D eigenvalue weighted by molar-refractivity contribution is 5.93. The predicted octanol–water partition coefficient (Wildman–Crippen LogP) is 2.27. The van der Waals surface area contributed by atoms with Gasteiger partial charge in [-0.3, -0.25) is 4.98 Å². The molecule has 0 spiro atoms. The van der Waals surface area contributed by atoms with Crippen LogP contribution in [0.25, 0.3) is 10.9 Å². The van der Waals surface area contributed by atoms with Crippen molar-refractivity contribution < 1.29 is 0 Å². The number of nitrogens with one attached hydrogen (secondary N) is 2. The van der Waals surface area contributed by atoms with Gasteiger partial charge >= 0.3 is 0 Å². The van der Waals surface area contributed by atoms with Crippen molar-refractivity contribution >= 4 is 16.6 Å². The van der Waals surface area contributed by atoms with Crippen LogP contribution >= 0.6 is 0 Å². The number of nitrogens with zero attached hydrogens (tertiary/aromatic N) is 2. The molecule has 1 aromatic heterocycles. The monoisotopic (exact) mass is 252 g/mol. The average Bonchev–Trinajstić information content (AvgIpc) is 2.49. The van der Waals surface area contributed by atoms with Crippen LogP contribution in [0.5, 0.6) is 0 Å². The molecule has 0 amide bonds. The molecule has 2 heterocycles. The Labute approximate surface area is 112 Å². The van der Waals surface area contributed by atoms with Crippen LogP contribution in [-0.4, -0.2) is 24.1 Å². The molecule has 2 aromatic rings. The molecule has 0 saturated carbocycles. The van der Waals surface area contributed by atoms with Crippen molar-refractivity contribution in [1.82, 2.24) is 10.3 Å². The number of benzene rings is 1. The highest BCUT2D eigenvalue weighted by atomic mass is 15.0. The molecule has 1 fully saturated rings. The van der Waals surface area contributed by atoms with E-state index in [-0.39, 0.29) is 0 Å². The number of pyridine rings is 1. The Balaban J connectivity index is 2.02. The van der Waals surface area contributed by atoms with Gasteiger partial charge in [0.2, 0.25) is 0 Å². The maximum absolute atomic E-state index is 9.26. The van der Waals surface area contributed by atoms with E-state index in [0.29, 0.717) is 11.6 Å². The molecule has 19 heavy (non-hydrogen) atoms. The first-order chi connectivity index (χ1) is 9.38. The number of nitriles is 1. The van der Waals surface area contributed by atoms with E-state index in [2.05, 4.69) is 21.7 Å². The Morgan fingerprint density at radius 1 is 1.37 bits per heavy atom. The van der Waals surface area contributed by atoms with Gasteiger partial charge in [-0.25, -0.2) is 0 Å². The van der Waals surface area contributed by atoms with E-state index in [4.69, 9.17) is 0 Å². The van der Waals surface area contributed by atoms with Gasteiger partial charge in [-0.05, 0) is 25.5 Å². The van der Waals surface area contributed by atoms with Crippen LogP contribution in [0, 0.1) is 11.3 Å². The van der Waals surface area contributed by atoms with Crippen LogP contribution in [-0.2, 0) is 0 Å². The SMILES string of the molecule is N#Cc1cnc2ccccc2c1NC1CCCNC1. The first kappa shape index (κ1) is 11.9. The maximum atomic E-state index is 9.26. The fourth-order valence-corrected chi connectivity index (χ4v) is 2.56.